The third kappa shape index (κ3) is 5.79. The van der Waals surface area contributed by atoms with Crippen LogP contribution in [0.3, 0.4) is 0 Å². The van der Waals surface area contributed by atoms with Crippen LogP contribution < -0.4 is 5.32 Å². The molecule has 1 aromatic heterocycles. The molecule has 8 nitrogen and oxygen atoms in total. The van der Waals surface area contributed by atoms with Gasteiger partial charge in [-0.3, -0.25) is 14.9 Å². The lowest BCUT2D eigenvalue weighted by atomic mass is 9.86. The lowest BCUT2D eigenvalue weighted by Gasteiger charge is -2.21. The molecule has 0 aliphatic heterocycles. The van der Waals surface area contributed by atoms with Gasteiger partial charge in [-0.1, -0.05) is 56.0 Å². The van der Waals surface area contributed by atoms with Crippen molar-refractivity contribution in [3.8, 4) is 0 Å². The number of carbonyl (C=O) groups is 1. The van der Waals surface area contributed by atoms with Crippen molar-refractivity contribution in [2.75, 3.05) is 11.1 Å². The number of nitro groups is 1. The topological polar surface area (TPSA) is 103 Å². The van der Waals surface area contributed by atoms with Crippen molar-refractivity contribution >= 4 is 29.0 Å². The second-order valence-corrected chi connectivity index (χ2v) is 8.24. The molecule has 0 spiro atoms. The maximum absolute atomic E-state index is 12.3. The SMILES string of the molecule is CCn1c(CCC2CCCCC2)nnc1SCC(=O)Nc1ccccc1[N+](=O)[O-]. The van der Waals surface area contributed by atoms with Crippen LogP contribution in [0.1, 0.15) is 51.3 Å². The van der Waals surface area contributed by atoms with Crippen LogP contribution in [-0.4, -0.2) is 31.3 Å². The molecule has 1 N–H and O–H groups in total. The minimum absolute atomic E-state index is 0.118. The predicted octanol–water partition coefficient (Wildman–Crippen LogP) is 4.45. The Morgan fingerprint density at radius 3 is 2.76 bits per heavy atom. The highest BCUT2D eigenvalue weighted by atomic mass is 32.2. The zero-order chi connectivity index (χ0) is 20.6. The van der Waals surface area contributed by atoms with Gasteiger partial charge in [-0.15, -0.1) is 10.2 Å². The Bertz CT molecular complexity index is 848. The highest BCUT2D eigenvalue weighted by Crippen LogP contribution is 2.28. The number of hydrogen-bond donors (Lipinski definition) is 1. The number of nitrogens with zero attached hydrogens (tertiary/aromatic N) is 4. The minimum Gasteiger partial charge on any atom is -0.320 e. The van der Waals surface area contributed by atoms with E-state index in [0.29, 0.717) is 5.16 Å². The maximum atomic E-state index is 12.3. The van der Waals surface area contributed by atoms with Crippen LogP contribution in [-0.2, 0) is 17.8 Å². The fourth-order valence-electron chi connectivity index (χ4n) is 3.79. The van der Waals surface area contributed by atoms with E-state index < -0.39 is 4.92 Å². The number of nitro benzene ring substituents is 1. The Labute approximate surface area is 174 Å². The first-order valence-corrected chi connectivity index (χ1v) is 11.1. The van der Waals surface area contributed by atoms with Gasteiger partial charge in [-0.25, -0.2) is 0 Å². The van der Waals surface area contributed by atoms with Crippen molar-refractivity contribution in [2.45, 2.75) is 63.6 Å². The van der Waals surface area contributed by atoms with Gasteiger partial charge in [0.1, 0.15) is 11.5 Å². The first kappa shape index (κ1) is 21.3. The average Bonchev–Trinajstić information content (AvgIpc) is 3.13. The van der Waals surface area contributed by atoms with E-state index in [2.05, 4.69) is 20.1 Å². The van der Waals surface area contributed by atoms with Crippen molar-refractivity contribution in [2.24, 2.45) is 5.92 Å². The van der Waals surface area contributed by atoms with Crippen molar-refractivity contribution in [1.82, 2.24) is 14.8 Å². The second-order valence-electron chi connectivity index (χ2n) is 7.30. The molecule has 1 saturated carbocycles. The van der Waals surface area contributed by atoms with Crippen LogP contribution in [0.5, 0.6) is 0 Å². The van der Waals surface area contributed by atoms with Crippen LogP contribution in [0.25, 0.3) is 0 Å². The molecule has 1 heterocycles. The number of carbonyl (C=O) groups excluding carboxylic acids is 1. The summed E-state index contributed by atoms with van der Waals surface area (Å²) in [6.07, 6.45) is 8.70. The number of anilines is 1. The van der Waals surface area contributed by atoms with Gasteiger partial charge in [0, 0.05) is 19.0 Å². The van der Waals surface area contributed by atoms with Crippen LogP contribution in [0, 0.1) is 16.0 Å². The maximum Gasteiger partial charge on any atom is 0.292 e. The summed E-state index contributed by atoms with van der Waals surface area (Å²) in [5.41, 5.74) is 0.0841. The van der Waals surface area contributed by atoms with Gasteiger partial charge in [0.05, 0.1) is 10.7 Å². The van der Waals surface area contributed by atoms with E-state index in [0.717, 1.165) is 31.1 Å². The van der Waals surface area contributed by atoms with Crippen molar-refractivity contribution in [3.05, 3.63) is 40.2 Å². The number of nitrogens with one attached hydrogen (secondary N) is 1. The van der Waals surface area contributed by atoms with Crippen molar-refractivity contribution in [1.29, 1.82) is 0 Å². The van der Waals surface area contributed by atoms with Gasteiger partial charge < -0.3 is 9.88 Å². The van der Waals surface area contributed by atoms with E-state index >= 15 is 0 Å². The summed E-state index contributed by atoms with van der Waals surface area (Å²) in [6.45, 7) is 2.80. The summed E-state index contributed by atoms with van der Waals surface area (Å²) in [6, 6.07) is 6.12. The monoisotopic (exact) mass is 417 g/mol. The van der Waals surface area contributed by atoms with Crippen molar-refractivity contribution < 1.29 is 9.72 Å². The number of para-hydroxylation sites is 2. The zero-order valence-corrected chi connectivity index (χ0v) is 17.5. The molecule has 9 heteroatoms. The standard InChI is InChI=1S/C20H27N5O3S/c1-2-24-18(13-12-15-8-4-3-5-9-15)22-23-20(24)29-14-19(26)21-16-10-6-7-11-17(16)25(27)28/h6-7,10-11,15H,2-5,8-9,12-14H2,1H3,(H,21,26). The van der Waals surface area contributed by atoms with Crippen LogP contribution in [0.15, 0.2) is 29.4 Å². The van der Waals surface area contributed by atoms with Gasteiger partial charge >= 0.3 is 0 Å². The normalized spacial score (nSPS) is 14.7. The number of aryl methyl sites for hydroxylation is 1. The van der Waals surface area contributed by atoms with E-state index in [1.165, 1.54) is 56.0 Å². The summed E-state index contributed by atoms with van der Waals surface area (Å²) in [5, 5.41) is 23.0. The second kappa shape index (κ2) is 10.4. The number of thioether (sulfide) groups is 1. The van der Waals surface area contributed by atoms with E-state index in [9.17, 15) is 14.9 Å². The van der Waals surface area contributed by atoms with E-state index in [-0.39, 0.29) is 23.0 Å². The molecule has 1 aliphatic rings. The summed E-state index contributed by atoms with van der Waals surface area (Å²) >= 11 is 1.30. The fraction of sp³-hybridized carbons (Fsp3) is 0.550. The molecule has 1 fully saturated rings. The summed E-state index contributed by atoms with van der Waals surface area (Å²) < 4.78 is 2.06. The first-order chi connectivity index (χ1) is 14.1. The number of rotatable bonds is 9. The molecule has 3 rings (SSSR count). The smallest absolute Gasteiger partial charge is 0.292 e. The Morgan fingerprint density at radius 1 is 1.28 bits per heavy atom. The van der Waals surface area contributed by atoms with Gasteiger partial charge in [0.2, 0.25) is 5.91 Å². The van der Waals surface area contributed by atoms with Gasteiger partial charge in [-0.2, -0.15) is 0 Å². The van der Waals surface area contributed by atoms with Gasteiger partial charge in [0.15, 0.2) is 5.16 Å². The average molecular weight is 418 g/mol. The van der Waals surface area contributed by atoms with Crippen LogP contribution in [0.4, 0.5) is 11.4 Å². The van der Waals surface area contributed by atoms with E-state index in [4.69, 9.17) is 0 Å². The summed E-state index contributed by atoms with van der Waals surface area (Å²) in [7, 11) is 0. The molecule has 0 atom stereocenters. The van der Waals surface area contributed by atoms with Crippen molar-refractivity contribution in [3.63, 3.8) is 0 Å². The van der Waals surface area contributed by atoms with Gasteiger partial charge in [-0.05, 0) is 25.3 Å². The molecule has 1 aromatic carbocycles. The number of amides is 1. The minimum atomic E-state index is -0.505. The van der Waals surface area contributed by atoms with Gasteiger partial charge in [0.25, 0.3) is 5.69 Å². The third-order valence-electron chi connectivity index (χ3n) is 5.32. The first-order valence-electron chi connectivity index (χ1n) is 10.2. The lowest BCUT2D eigenvalue weighted by Crippen LogP contribution is -2.16. The third-order valence-corrected chi connectivity index (χ3v) is 6.28. The molecule has 2 aromatic rings. The Hall–Kier alpha value is -2.42. The number of aromatic nitrogens is 3. The largest absolute Gasteiger partial charge is 0.320 e. The predicted molar refractivity (Wildman–Crippen MR) is 113 cm³/mol. The summed E-state index contributed by atoms with van der Waals surface area (Å²) in [4.78, 5) is 22.9. The van der Waals surface area contributed by atoms with E-state index in [1.54, 1.807) is 12.1 Å². The molecular formula is C20H27N5O3S. The molecule has 0 radical (unpaired) electrons. The molecular weight excluding hydrogens is 390 g/mol. The number of benzene rings is 1. The molecule has 1 amide bonds. The van der Waals surface area contributed by atoms with Crippen LogP contribution in [0.2, 0.25) is 0 Å². The van der Waals surface area contributed by atoms with E-state index in [1.807, 2.05) is 6.92 Å². The summed E-state index contributed by atoms with van der Waals surface area (Å²) in [5.74, 6) is 1.57. The molecule has 1 aliphatic carbocycles. The molecule has 29 heavy (non-hydrogen) atoms. The lowest BCUT2D eigenvalue weighted by molar-refractivity contribution is -0.383. The highest BCUT2D eigenvalue weighted by Gasteiger charge is 2.18. The highest BCUT2D eigenvalue weighted by molar-refractivity contribution is 7.99. The molecule has 0 bridgehead atoms. The Balaban J connectivity index is 1.55. The zero-order valence-electron chi connectivity index (χ0n) is 16.7. The fourth-order valence-corrected chi connectivity index (χ4v) is 4.61. The number of hydrogen-bond acceptors (Lipinski definition) is 6. The Kier molecular flexibility index (Phi) is 7.62. The van der Waals surface area contributed by atoms with Crippen LogP contribution >= 0.6 is 11.8 Å². The molecule has 0 saturated heterocycles. The Morgan fingerprint density at radius 2 is 2.03 bits per heavy atom. The molecule has 156 valence electrons. The quantitative estimate of drug-likeness (QED) is 0.367. The molecule has 0 unspecified atom stereocenters.